The van der Waals surface area contributed by atoms with Gasteiger partial charge in [0.05, 0.1) is 8.07 Å². The molecule has 0 saturated carbocycles. The second-order valence-corrected chi connectivity index (χ2v) is 12.4. The van der Waals surface area contributed by atoms with E-state index in [-0.39, 0.29) is 15.2 Å². The van der Waals surface area contributed by atoms with E-state index in [1.807, 2.05) is 0 Å². The first-order valence-electron chi connectivity index (χ1n) is 5.26. The van der Waals surface area contributed by atoms with Crippen LogP contribution in [0.4, 0.5) is 13.2 Å². The Morgan fingerprint density at radius 3 is 2.05 bits per heavy atom. The van der Waals surface area contributed by atoms with Crippen LogP contribution >= 0.6 is 23.2 Å². The summed E-state index contributed by atoms with van der Waals surface area (Å²) in [5.41, 5.74) is -5.52. The second kappa shape index (κ2) is 5.40. The largest absolute Gasteiger partial charge is 0.534 e. The second-order valence-electron chi connectivity index (χ2n) is 4.99. The highest BCUT2D eigenvalue weighted by Crippen LogP contribution is 2.31. The van der Waals surface area contributed by atoms with Crippen molar-refractivity contribution in [1.29, 1.82) is 0 Å². The van der Waals surface area contributed by atoms with Crippen molar-refractivity contribution in [3.63, 3.8) is 0 Å². The molecule has 10 heteroatoms. The molecule has 0 amide bonds. The minimum atomic E-state index is -5.76. The fraction of sp³-hybridized carbons (Fsp3) is 0.400. The minimum Gasteiger partial charge on any atom is -0.376 e. The number of hydrogen-bond donors (Lipinski definition) is 0. The van der Waals surface area contributed by atoms with Crippen molar-refractivity contribution in [2.45, 2.75) is 25.1 Å². The molecule has 1 aromatic rings. The number of hydrogen-bond acceptors (Lipinski definition) is 3. The van der Waals surface area contributed by atoms with Crippen LogP contribution in [0.1, 0.15) is 0 Å². The Labute approximate surface area is 125 Å². The molecule has 0 aliphatic rings. The topological polar surface area (TPSA) is 43.4 Å². The summed E-state index contributed by atoms with van der Waals surface area (Å²) in [6.07, 6.45) is 0. The molecular weight excluding hydrogens is 356 g/mol. The van der Waals surface area contributed by atoms with Crippen LogP contribution < -0.4 is 9.37 Å². The van der Waals surface area contributed by atoms with Crippen LogP contribution in [-0.2, 0) is 10.1 Å². The summed E-state index contributed by atoms with van der Waals surface area (Å²) in [5, 5.41) is 0.338. The molecule has 0 radical (unpaired) electrons. The highest BCUT2D eigenvalue weighted by Gasteiger charge is 2.49. The summed E-state index contributed by atoms with van der Waals surface area (Å²) in [7, 11) is -8.01. The summed E-state index contributed by atoms with van der Waals surface area (Å²) < 4.78 is 63.6. The predicted octanol–water partition coefficient (Wildman–Crippen LogP) is 3.77. The monoisotopic (exact) mass is 366 g/mol. The van der Waals surface area contributed by atoms with Crippen molar-refractivity contribution < 1.29 is 25.8 Å². The smallest absolute Gasteiger partial charge is 0.376 e. The molecule has 3 nitrogen and oxygen atoms in total. The molecule has 1 aromatic carbocycles. The molecule has 0 aliphatic carbocycles. The molecular formula is C10H11Cl2F3O3SSi. The van der Waals surface area contributed by atoms with Crippen LogP contribution in [0.5, 0.6) is 5.75 Å². The van der Waals surface area contributed by atoms with Crippen molar-refractivity contribution in [3.05, 3.63) is 22.2 Å². The number of halogens is 5. The first kappa shape index (κ1) is 17.6. The zero-order chi connectivity index (χ0) is 15.9. The normalized spacial score (nSPS) is 13.4. The van der Waals surface area contributed by atoms with Crippen LogP contribution in [0.2, 0.25) is 29.7 Å². The van der Waals surface area contributed by atoms with Gasteiger partial charge in [-0.3, -0.25) is 0 Å². The lowest BCUT2D eigenvalue weighted by Gasteiger charge is -2.22. The summed E-state index contributed by atoms with van der Waals surface area (Å²) >= 11 is 11.6. The summed E-state index contributed by atoms with van der Waals surface area (Å²) in [6, 6.07) is 2.36. The summed E-state index contributed by atoms with van der Waals surface area (Å²) in [5.74, 6) is -0.473. The standard InChI is InChI=1S/C10H11Cl2F3O3SSi/c1-20(2,3)9-7(12)4-6(11)5-8(9)18-19(16,17)10(13,14)15/h4-5H,1-3H3. The molecule has 0 bridgehead atoms. The molecule has 0 saturated heterocycles. The molecule has 0 spiro atoms. The van der Waals surface area contributed by atoms with Crippen molar-refractivity contribution in [2.24, 2.45) is 0 Å². The molecule has 0 N–H and O–H groups in total. The van der Waals surface area contributed by atoms with Gasteiger partial charge in [-0.2, -0.15) is 21.6 Å². The van der Waals surface area contributed by atoms with E-state index in [4.69, 9.17) is 23.2 Å². The van der Waals surface area contributed by atoms with Crippen molar-refractivity contribution in [3.8, 4) is 5.75 Å². The Bertz CT molecular complexity index is 624. The summed E-state index contributed by atoms with van der Waals surface area (Å²) in [6.45, 7) is 5.36. The third-order valence-electron chi connectivity index (χ3n) is 2.25. The number of alkyl halides is 3. The molecule has 1 rings (SSSR count). The van der Waals surface area contributed by atoms with Crippen molar-refractivity contribution in [1.82, 2.24) is 0 Å². The molecule has 0 atom stereocenters. The first-order valence-corrected chi connectivity index (χ1v) is 10.9. The zero-order valence-electron chi connectivity index (χ0n) is 10.7. The molecule has 0 aliphatic heterocycles. The fourth-order valence-corrected chi connectivity index (χ4v) is 5.02. The van der Waals surface area contributed by atoms with Crippen LogP contribution in [0.3, 0.4) is 0 Å². The van der Waals surface area contributed by atoms with Crippen LogP contribution in [0.15, 0.2) is 12.1 Å². The average Bonchev–Trinajstić information content (AvgIpc) is 2.09. The Morgan fingerprint density at radius 1 is 1.15 bits per heavy atom. The van der Waals surface area contributed by atoms with E-state index in [0.29, 0.717) is 0 Å². The van der Waals surface area contributed by atoms with Crippen molar-refractivity contribution >= 4 is 46.6 Å². The maximum atomic E-state index is 12.4. The van der Waals surface area contributed by atoms with Gasteiger partial charge in [0.2, 0.25) is 0 Å². The lowest BCUT2D eigenvalue weighted by molar-refractivity contribution is -0.0499. The van der Waals surface area contributed by atoms with Gasteiger partial charge < -0.3 is 4.18 Å². The van der Waals surface area contributed by atoms with Crippen molar-refractivity contribution in [2.75, 3.05) is 0 Å². The Kier molecular flexibility index (Phi) is 4.75. The molecule has 0 heterocycles. The van der Waals surface area contributed by atoms with E-state index in [9.17, 15) is 21.6 Å². The predicted molar refractivity (Wildman–Crippen MR) is 75.0 cm³/mol. The summed E-state index contributed by atoms with van der Waals surface area (Å²) in [4.78, 5) is 0. The maximum absolute atomic E-state index is 12.4. The van der Waals surface area contributed by atoms with Crippen LogP contribution in [0.25, 0.3) is 0 Å². The minimum absolute atomic E-state index is 0.00984. The quantitative estimate of drug-likeness (QED) is 0.464. The average molecular weight is 367 g/mol. The van der Waals surface area contributed by atoms with E-state index >= 15 is 0 Å². The van der Waals surface area contributed by atoms with E-state index < -0.39 is 29.4 Å². The van der Waals surface area contributed by atoms with E-state index in [1.165, 1.54) is 6.07 Å². The molecule has 0 unspecified atom stereocenters. The van der Waals surface area contributed by atoms with Gasteiger partial charge in [0, 0.05) is 21.3 Å². The Balaban J connectivity index is 3.47. The zero-order valence-corrected chi connectivity index (χ0v) is 14.0. The highest BCUT2D eigenvalue weighted by atomic mass is 35.5. The molecule has 114 valence electrons. The lowest BCUT2D eigenvalue weighted by Crippen LogP contribution is -2.41. The third-order valence-corrected chi connectivity index (χ3v) is 5.91. The Hall–Kier alpha value is -0.443. The fourth-order valence-electron chi connectivity index (χ4n) is 1.51. The van der Waals surface area contributed by atoms with Gasteiger partial charge in [0.25, 0.3) is 0 Å². The van der Waals surface area contributed by atoms with Gasteiger partial charge in [-0.1, -0.05) is 42.8 Å². The van der Waals surface area contributed by atoms with Crippen LogP contribution in [-0.4, -0.2) is 22.0 Å². The number of benzene rings is 1. The van der Waals surface area contributed by atoms with E-state index in [1.54, 1.807) is 19.6 Å². The van der Waals surface area contributed by atoms with Gasteiger partial charge >= 0.3 is 15.6 Å². The van der Waals surface area contributed by atoms with E-state index in [0.717, 1.165) is 6.07 Å². The first-order chi connectivity index (χ1) is 8.75. The molecule has 0 fully saturated rings. The van der Waals surface area contributed by atoms with Gasteiger partial charge in [0.1, 0.15) is 5.75 Å². The number of rotatable bonds is 3. The van der Waals surface area contributed by atoms with Crippen LogP contribution in [0, 0.1) is 0 Å². The molecule has 20 heavy (non-hydrogen) atoms. The SMILES string of the molecule is C[Si](C)(C)c1c(Cl)cc(Cl)cc1OS(=O)(=O)C(F)(F)F. The van der Waals surface area contributed by atoms with E-state index in [2.05, 4.69) is 4.18 Å². The van der Waals surface area contributed by atoms with Gasteiger partial charge in [-0.05, 0) is 6.07 Å². The van der Waals surface area contributed by atoms with Gasteiger partial charge in [-0.15, -0.1) is 0 Å². The molecule has 0 aromatic heterocycles. The highest BCUT2D eigenvalue weighted by molar-refractivity contribution is 7.88. The Morgan fingerprint density at radius 2 is 1.65 bits per heavy atom. The lowest BCUT2D eigenvalue weighted by atomic mass is 10.3. The van der Waals surface area contributed by atoms with Gasteiger partial charge in [-0.25, -0.2) is 0 Å². The van der Waals surface area contributed by atoms with Gasteiger partial charge in [0.15, 0.2) is 0 Å². The third kappa shape index (κ3) is 3.81. The maximum Gasteiger partial charge on any atom is 0.534 e.